The number of H-pyrrole nitrogens is 1. The number of aromatic amines is 1. The van der Waals surface area contributed by atoms with E-state index in [1.165, 1.54) is 0 Å². The second kappa shape index (κ2) is 5.42. The maximum absolute atomic E-state index is 12.7. The van der Waals surface area contributed by atoms with Crippen molar-refractivity contribution < 1.29 is 4.79 Å². The van der Waals surface area contributed by atoms with E-state index in [1.54, 1.807) is 23.1 Å². The van der Waals surface area contributed by atoms with E-state index in [2.05, 4.69) is 27.6 Å². The highest BCUT2D eigenvalue weighted by molar-refractivity contribution is 6.16. The van der Waals surface area contributed by atoms with Crippen LogP contribution in [0.4, 0.5) is 0 Å². The fourth-order valence-corrected chi connectivity index (χ4v) is 3.37. The fraction of sp³-hybridized carbons (Fsp3) is 0.0500. The highest BCUT2D eigenvalue weighted by Gasteiger charge is 2.15. The van der Waals surface area contributed by atoms with Gasteiger partial charge in [-0.05, 0) is 25.1 Å². The summed E-state index contributed by atoms with van der Waals surface area (Å²) >= 11 is 0. The lowest BCUT2D eigenvalue weighted by Crippen LogP contribution is -2.24. The van der Waals surface area contributed by atoms with Gasteiger partial charge in [0.05, 0.1) is 22.3 Å². The molecule has 0 saturated carbocycles. The number of carbonyl (C=O) groups excluding carboxylic acids is 1. The summed E-state index contributed by atoms with van der Waals surface area (Å²) < 4.78 is 0. The summed E-state index contributed by atoms with van der Waals surface area (Å²) in [6.45, 7) is 1.82. The van der Waals surface area contributed by atoms with E-state index in [0.29, 0.717) is 11.3 Å². The van der Waals surface area contributed by atoms with Gasteiger partial charge < -0.3 is 0 Å². The summed E-state index contributed by atoms with van der Waals surface area (Å²) in [5.41, 5.74) is 6.76. The first-order valence-corrected chi connectivity index (χ1v) is 8.32. The van der Waals surface area contributed by atoms with Crippen LogP contribution in [0.15, 0.2) is 60.9 Å². The summed E-state index contributed by atoms with van der Waals surface area (Å²) in [5.74, 6) is -0.225. The van der Waals surface area contributed by atoms with Crippen molar-refractivity contribution in [2.75, 3.05) is 5.43 Å². The molecule has 0 spiro atoms. The van der Waals surface area contributed by atoms with E-state index in [4.69, 9.17) is 4.98 Å². The number of nitrogens with one attached hydrogen (secondary N) is 2. The van der Waals surface area contributed by atoms with Gasteiger partial charge in [0.1, 0.15) is 5.52 Å². The molecule has 3 heterocycles. The molecule has 1 amide bonds. The summed E-state index contributed by atoms with van der Waals surface area (Å²) in [6, 6.07) is 15.6. The van der Waals surface area contributed by atoms with Crippen LogP contribution >= 0.6 is 0 Å². The van der Waals surface area contributed by atoms with E-state index in [-0.39, 0.29) is 5.91 Å². The van der Waals surface area contributed by atoms with Gasteiger partial charge in [0.15, 0.2) is 0 Å². The molecule has 0 atom stereocenters. The van der Waals surface area contributed by atoms with Gasteiger partial charge >= 0.3 is 0 Å². The fourth-order valence-electron chi connectivity index (χ4n) is 3.37. The van der Waals surface area contributed by atoms with Crippen LogP contribution in [0, 0.1) is 6.92 Å². The molecule has 0 saturated heterocycles. The molecule has 5 rings (SSSR count). The van der Waals surface area contributed by atoms with E-state index in [1.807, 2.05) is 37.4 Å². The Hall–Kier alpha value is -3.67. The summed E-state index contributed by atoms with van der Waals surface area (Å²) in [5, 5.41) is 6.24. The molecule has 0 radical (unpaired) electrons. The number of hydrogen-bond donors (Lipinski definition) is 2. The van der Waals surface area contributed by atoms with Gasteiger partial charge in [-0.25, -0.2) is 10.4 Å². The third-order valence-corrected chi connectivity index (χ3v) is 4.65. The molecule has 6 heteroatoms. The van der Waals surface area contributed by atoms with Crippen molar-refractivity contribution in [3.05, 3.63) is 72.2 Å². The number of para-hydroxylation sites is 1. The van der Waals surface area contributed by atoms with Crippen molar-refractivity contribution in [3.63, 3.8) is 0 Å². The first-order chi connectivity index (χ1) is 12.7. The van der Waals surface area contributed by atoms with Gasteiger partial charge in [-0.15, -0.1) is 0 Å². The Bertz CT molecular complexity index is 1300. The number of amides is 1. The number of pyridine rings is 1. The number of rotatable bonds is 2. The molecular formula is C20H15N5O. The average molecular weight is 341 g/mol. The summed E-state index contributed by atoms with van der Waals surface area (Å²) in [6.07, 6.45) is 3.52. The number of hydrogen-bond acceptors (Lipinski definition) is 3. The first kappa shape index (κ1) is 14.7. The lowest BCUT2D eigenvalue weighted by Gasteiger charge is -2.09. The summed E-state index contributed by atoms with van der Waals surface area (Å²) in [7, 11) is 0. The molecule has 0 aliphatic rings. The first-order valence-electron chi connectivity index (χ1n) is 8.32. The quantitative estimate of drug-likeness (QED) is 0.513. The van der Waals surface area contributed by atoms with Crippen LogP contribution < -0.4 is 5.43 Å². The minimum Gasteiger partial charge on any atom is -0.286 e. The minimum atomic E-state index is -0.225. The van der Waals surface area contributed by atoms with Crippen molar-refractivity contribution in [3.8, 4) is 0 Å². The molecule has 2 aromatic carbocycles. The second-order valence-electron chi connectivity index (χ2n) is 6.21. The Balaban J connectivity index is 1.69. The zero-order valence-corrected chi connectivity index (χ0v) is 14.0. The van der Waals surface area contributed by atoms with Crippen LogP contribution in [0.2, 0.25) is 0 Å². The van der Waals surface area contributed by atoms with Gasteiger partial charge in [-0.2, -0.15) is 4.79 Å². The van der Waals surface area contributed by atoms with Crippen molar-refractivity contribution in [2.45, 2.75) is 6.92 Å². The van der Waals surface area contributed by atoms with Gasteiger partial charge in [0, 0.05) is 28.6 Å². The third-order valence-electron chi connectivity index (χ3n) is 4.65. The Morgan fingerprint density at radius 3 is 2.85 bits per heavy atom. The number of benzene rings is 2. The van der Waals surface area contributed by atoms with Crippen LogP contribution in [-0.2, 0) is 0 Å². The lowest BCUT2D eigenvalue weighted by molar-refractivity contribution is 0.100. The molecule has 0 aliphatic heterocycles. The monoisotopic (exact) mass is 341 g/mol. The zero-order valence-electron chi connectivity index (χ0n) is 14.0. The lowest BCUT2D eigenvalue weighted by atomic mass is 10.1. The number of carbonyl (C=O) groups is 1. The van der Waals surface area contributed by atoms with Crippen molar-refractivity contribution in [1.29, 1.82) is 0 Å². The van der Waals surface area contributed by atoms with Gasteiger partial charge in [0.25, 0.3) is 5.91 Å². The Labute approximate surface area is 148 Å². The zero-order chi connectivity index (χ0) is 17.7. The maximum atomic E-state index is 12.7. The van der Waals surface area contributed by atoms with Crippen LogP contribution in [0.5, 0.6) is 0 Å². The van der Waals surface area contributed by atoms with Crippen LogP contribution in [0.3, 0.4) is 0 Å². The van der Waals surface area contributed by atoms with Crippen LogP contribution in [0.1, 0.15) is 16.1 Å². The van der Waals surface area contributed by atoms with E-state index >= 15 is 0 Å². The molecular weight excluding hydrogens is 326 g/mol. The molecule has 0 bridgehead atoms. The topological polar surface area (TPSA) is 75.6 Å². The molecule has 26 heavy (non-hydrogen) atoms. The smallest absolute Gasteiger partial charge is 0.273 e. The van der Waals surface area contributed by atoms with Crippen LogP contribution in [-0.4, -0.2) is 25.8 Å². The van der Waals surface area contributed by atoms with E-state index in [0.717, 1.165) is 32.7 Å². The van der Waals surface area contributed by atoms with Crippen molar-refractivity contribution in [1.82, 2.24) is 19.9 Å². The molecule has 6 nitrogen and oxygen atoms in total. The molecule has 0 unspecified atom stereocenters. The highest BCUT2D eigenvalue weighted by Crippen LogP contribution is 2.30. The van der Waals surface area contributed by atoms with Gasteiger partial charge in [0.2, 0.25) is 0 Å². The Morgan fingerprint density at radius 1 is 1.08 bits per heavy atom. The molecule has 0 fully saturated rings. The Kier molecular flexibility index (Phi) is 3.05. The predicted octanol–water partition coefficient (Wildman–Crippen LogP) is 3.76. The maximum Gasteiger partial charge on any atom is 0.273 e. The number of nitrogens with zero attached hydrogens (tertiary/aromatic N) is 3. The standard InChI is InChI=1S/C20H15N5O/c1-12-14(6-4-10-21-12)20(26)24-25-19-13(11-22-25)8-9-16-15-5-2-3-7-17(15)23-18(16)19/h2-11,22H,1H3,(H,24,26). The molecule has 126 valence electrons. The van der Waals surface area contributed by atoms with Crippen molar-refractivity contribution in [2.24, 2.45) is 0 Å². The second-order valence-corrected chi connectivity index (χ2v) is 6.21. The van der Waals surface area contributed by atoms with E-state index in [9.17, 15) is 4.79 Å². The van der Waals surface area contributed by atoms with Gasteiger partial charge in [-0.3, -0.25) is 14.9 Å². The number of aromatic nitrogens is 4. The molecule has 2 N–H and O–H groups in total. The SMILES string of the molecule is Cc1ncccc1C(=O)Nn1[nH]cc2ccc3c4ccccc4nc3c21. The highest BCUT2D eigenvalue weighted by atomic mass is 16.2. The largest absolute Gasteiger partial charge is 0.286 e. The average Bonchev–Trinajstić information content (AvgIpc) is 3.23. The van der Waals surface area contributed by atoms with E-state index < -0.39 is 0 Å². The normalized spacial score (nSPS) is 11.4. The van der Waals surface area contributed by atoms with Crippen LogP contribution in [0.25, 0.3) is 32.7 Å². The number of aryl methyl sites for hydroxylation is 1. The third kappa shape index (κ3) is 2.09. The summed E-state index contributed by atoms with van der Waals surface area (Å²) in [4.78, 5) is 23.2. The predicted molar refractivity (Wildman–Crippen MR) is 102 cm³/mol. The molecule has 3 aromatic heterocycles. The Morgan fingerprint density at radius 2 is 1.96 bits per heavy atom. The number of fused-ring (bicyclic) bond motifs is 5. The van der Waals surface area contributed by atoms with Crippen molar-refractivity contribution >= 4 is 38.6 Å². The molecule has 5 aromatic rings. The molecule has 0 aliphatic carbocycles. The van der Waals surface area contributed by atoms with Gasteiger partial charge in [-0.1, -0.05) is 30.3 Å². The minimum absolute atomic E-state index is 0.225.